The van der Waals surface area contributed by atoms with E-state index in [0.29, 0.717) is 0 Å². The topological polar surface area (TPSA) is 12.5 Å². The molecule has 0 fully saturated rings. The minimum absolute atomic E-state index is 0. The molecule has 23 heavy (non-hydrogen) atoms. The summed E-state index contributed by atoms with van der Waals surface area (Å²) in [4.78, 5) is 2.23. The van der Waals surface area contributed by atoms with E-state index in [1.807, 2.05) is 12.1 Å². The van der Waals surface area contributed by atoms with Gasteiger partial charge in [0.1, 0.15) is 11.6 Å². The van der Waals surface area contributed by atoms with Gasteiger partial charge in [-0.15, -0.1) is 12.4 Å². The van der Waals surface area contributed by atoms with Gasteiger partial charge in [0, 0.05) is 19.5 Å². The molecule has 1 aliphatic rings. The van der Waals surface area contributed by atoms with Gasteiger partial charge in [-0.1, -0.05) is 36.4 Å². The maximum Gasteiger partial charge on any atom is 0.123 e. The van der Waals surface area contributed by atoms with E-state index < -0.39 is 0 Å². The fourth-order valence-corrected chi connectivity index (χ4v) is 2.69. The maximum absolute atomic E-state index is 13.1. The molecule has 0 N–H and O–H groups in total. The lowest BCUT2D eigenvalue weighted by Crippen LogP contribution is -2.17. The summed E-state index contributed by atoms with van der Waals surface area (Å²) in [6.07, 6.45) is 5.02. The molecule has 0 radical (unpaired) electrons. The number of hydrogen-bond acceptors (Lipinski definition) is 2. The Hall–Kier alpha value is -1.84. The molecule has 2 aromatic rings. The van der Waals surface area contributed by atoms with Gasteiger partial charge < -0.3 is 4.74 Å². The third-order valence-corrected chi connectivity index (χ3v) is 3.78. The Bertz CT molecular complexity index is 687. The summed E-state index contributed by atoms with van der Waals surface area (Å²) in [5.41, 5.74) is 3.50. The Morgan fingerprint density at radius 1 is 1.22 bits per heavy atom. The standard InChI is InChI=1S/C19H20FNO.ClH/c1-21(10-3-5-15-4-2-6-18(20)13-15)14-16-7-8-19-17(12-16)9-11-22-19;/h2-8,12-13H,9-11,14H2,1H3;1H/b5-3+;. The zero-order valence-electron chi connectivity index (χ0n) is 13.2. The molecule has 0 aromatic heterocycles. The van der Waals surface area contributed by atoms with E-state index in [4.69, 9.17) is 4.74 Å². The predicted molar refractivity (Wildman–Crippen MR) is 94.7 cm³/mol. The fourth-order valence-electron chi connectivity index (χ4n) is 2.69. The van der Waals surface area contributed by atoms with Gasteiger partial charge in [0.15, 0.2) is 0 Å². The van der Waals surface area contributed by atoms with Gasteiger partial charge in [-0.2, -0.15) is 0 Å². The minimum atomic E-state index is -0.198. The fraction of sp³-hybridized carbons (Fsp3) is 0.263. The first kappa shape index (κ1) is 17.5. The highest BCUT2D eigenvalue weighted by Crippen LogP contribution is 2.26. The summed E-state index contributed by atoms with van der Waals surface area (Å²) in [5.74, 6) is 0.827. The van der Waals surface area contributed by atoms with E-state index in [9.17, 15) is 4.39 Å². The average molecular weight is 334 g/mol. The summed E-state index contributed by atoms with van der Waals surface area (Å²) >= 11 is 0. The highest BCUT2D eigenvalue weighted by molar-refractivity contribution is 5.85. The van der Waals surface area contributed by atoms with Crippen molar-refractivity contribution >= 4 is 18.5 Å². The molecule has 2 nitrogen and oxygen atoms in total. The lowest BCUT2D eigenvalue weighted by Gasteiger charge is -2.15. The Morgan fingerprint density at radius 2 is 2.09 bits per heavy atom. The van der Waals surface area contributed by atoms with Crippen molar-refractivity contribution in [1.82, 2.24) is 4.90 Å². The first-order valence-electron chi connectivity index (χ1n) is 7.56. The van der Waals surface area contributed by atoms with Crippen LogP contribution in [-0.2, 0) is 13.0 Å². The van der Waals surface area contributed by atoms with Crippen molar-refractivity contribution in [3.8, 4) is 5.75 Å². The Kier molecular flexibility index (Phi) is 6.20. The minimum Gasteiger partial charge on any atom is -0.493 e. The van der Waals surface area contributed by atoms with Crippen LogP contribution in [0.2, 0.25) is 0 Å². The number of hydrogen-bond donors (Lipinski definition) is 0. The van der Waals surface area contributed by atoms with Crippen molar-refractivity contribution in [3.05, 3.63) is 71.0 Å². The van der Waals surface area contributed by atoms with Gasteiger partial charge in [0.05, 0.1) is 6.61 Å². The summed E-state index contributed by atoms with van der Waals surface area (Å²) in [5, 5.41) is 0. The second-order valence-electron chi connectivity index (χ2n) is 5.69. The molecule has 0 amide bonds. The molecule has 0 atom stereocenters. The summed E-state index contributed by atoms with van der Waals surface area (Å²) in [7, 11) is 2.08. The van der Waals surface area contributed by atoms with Crippen LogP contribution >= 0.6 is 12.4 Å². The molecule has 3 rings (SSSR count). The zero-order chi connectivity index (χ0) is 15.4. The van der Waals surface area contributed by atoms with E-state index >= 15 is 0 Å². The number of halogens is 2. The van der Waals surface area contributed by atoms with Crippen LogP contribution in [0.25, 0.3) is 6.08 Å². The van der Waals surface area contributed by atoms with Crippen LogP contribution in [-0.4, -0.2) is 25.1 Å². The normalized spacial score (nSPS) is 13.0. The van der Waals surface area contributed by atoms with E-state index in [1.165, 1.54) is 23.3 Å². The zero-order valence-corrected chi connectivity index (χ0v) is 14.0. The molecule has 0 aliphatic carbocycles. The molecule has 1 heterocycles. The molecule has 4 heteroatoms. The number of fused-ring (bicyclic) bond motifs is 1. The van der Waals surface area contributed by atoms with E-state index in [0.717, 1.165) is 37.4 Å². The molecular formula is C19H21ClFNO. The quantitative estimate of drug-likeness (QED) is 0.807. The summed E-state index contributed by atoms with van der Waals surface area (Å²) in [6, 6.07) is 13.0. The van der Waals surface area contributed by atoms with Crippen LogP contribution in [0.1, 0.15) is 16.7 Å². The van der Waals surface area contributed by atoms with E-state index in [-0.39, 0.29) is 18.2 Å². The average Bonchev–Trinajstić information content (AvgIpc) is 2.95. The lowest BCUT2D eigenvalue weighted by atomic mass is 10.1. The highest BCUT2D eigenvalue weighted by Gasteiger charge is 2.12. The third kappa shape index (κ3) is 4.81. The number of nitrogens with zero attached hydrogens (tertiary/aromatic N) is 1. The number of likely N-dealkylation sites (N-methyl/N-ethyl adjacent to an activating group) is 1. The van der Waals surface area contributed by atoms with Crippen molar-refractivity contribution < 1.29 is 9.13 Å². The Morgan fingerprint density at radius 3 is 2.91 bits per heavy atom. The van der Waals surface area contributed by atoms with Gasteiger partial charge in [-0.05, 0) is 41.9 Å². The largest absolute Gasteiger partial charge is 0.493 e. The first-order chi connectivity index (χ1) is 10.7. The van der Waals surface area contributed by atoms with Crippen LogP contribution in [0.4, 0.5) is 4.39 Å². The van der Waals surface area contributed by atoms with Crippen LogP contribution in [0, 0.1) is 5.82 Å². The van der Waals surface area contributed by atoms with Crippen molar-refractivity contribution in [2.45, 2.75) is 13.0 Å². The second-order valence-corrected chi connectivity index (χ2v) is 5.69. The predicted octanol–water partition coefficient (Wildman–Crippen LogP) is 4.33. The summed E-state index contributed by atoms with van der Waals surface area (Å²) < 4.78 is 18.6. The SMILES string of the molecule is CN(C/C=C/c1cccc(F)c1)Cc1ccc2c(c1)CCO2.Cl. The van der Waals surface area contributed by atoms with E-state index in [1.54, 1.807) is 6.07 Å². The van der Waals surface area contributed by atoms with Gasteiger partial charge in [0.25, 0.3) is 0 Å². The van der Waals surface area contributed by atoms with Crippen molar-refractivity contribution in [3.63, 3.8) is 0 Å². The van der Waals surface area contributed by atoms with Crippen LogP contribution in [0.5, 0.6) is 5.75 Å². The molecule has 122 valence electrons. The van der Waals surface area contributed by atoms with Gasteiger partial charge in [0.2, 0.25) is 0 Å². The van der Waals surface area contributed by atoms with Gasteiger partial charge in [-0.25, -0.2) is 4.39 Å². The number of benzene rings is 2. The highest BCUT2D eigenvalue weighted by atomic mass is 35.5. The van der Waals surface area contributed by atoms with Crippen LogP contribution < -0.4 is 4.74 Å². The number of ether oxygens (including phenoxy) is 1. The molecule has 0 unspecified atom stereocenters. The van der Waals surface area contributed by atoms with Crippen LogP contribution in [0.3, 0.4) is 0 Å². The first-order valence-corrected chi connectivity index (χ1v) is 7.56. The Labute approximate surface area is 143 Å². The van der Waals surface area contributed by atoms with Crippen molar-refractivity contribution in [1.29, 1.82) is 0 Å². The smallest absolute Gasteiger partial charge is 0.123 e. The maximum atomic E-state index is 13.1. The molecule has 0 bridgehead atoms. The monoisotopic (exact) mass is 333 g/mol. The van der Waals surface area contributed by atoms with Crippen molar-refractivity contribution in [2.24, 2.45) is 0 Å². The molecule has 0 saturated heterocycles. The van der Waals surface area contributed by atoms with E-state index in [2.05, 4.69) is 36.2 Å². The van der Waals surface area contributed by atoms with Gasteiger partial charge in [-0.3, -0.25) is 4.90 Å². The molecule has 2 aromatic carbocycles. The molecular weight excluding hydrogens is 313 g/mol. The van der Waals surface area contributed by atoms with Crippen LogP contribution in [0.15, 0.2) is 48.5 Å². The molecule has 1 aliphatic heterocycles. The van der Waals surface area contributed by atoms with Crippen molar-refractivity contribution in [2.75, 3.05) is 20.2 Å². The molecule has 0 saturated carbocycles. The lowest BCUT2D eigenvalue weighted by molar-refractivity contribution is 0.356. The number of rotatable bonds is 5. The van der Waals surface area contributed by atoms with Gasteiger partial charge >= 0.3 is 0 Å². The summed E-state index contributed by atoms with van der Waals surface area (Å²) in [6.45, 7) is 2.51. The Balaban J connectivity index is 0.00000192. The second kappa shape index (κ2) is 8.14. The third-order valence-electron chi connectivity index (χ3n) is 3.78. The molecule has 0 spiro atoms.